The number of nitrogens with zero attached hydrogens (tertiary/aromatic N) is 2. The Balaban J connectivity index is 2.68. The largest absolute Gasteiger partial charge is 0.362 e. The minimum atomic E-state index is 0.383. The first-order chi connectivity index (χ1) is 4.86. The first kappa shape index (κ1) is 6.95. The quantitative estimate of drug-likeness (QED) is 0.567. The summed E-state index contributed by atoms with van der Waals surface area (Å²) in [5.74, 6) is 0. The fraction of sp³-hybridized carbons (Fsp3) is 0.333. The fourth-order valence-electron chi connectivity index (χ4n) is 0.644. The zero-order valence-corrected chi connectivity index (χ0v) is 5.65. The predicted octanol–water partition coefficient (Wildman–Crippen LogP) is 0.300. The normalized spacial score (nSPS) is 9.70. The zero-order valence-electron chi connectivity index (χ0n) is 5.65. The van der Waals surface area contributed by atoms with Gasteiger partial charge in [-0.25, -0.2) is 4.68 Å². The van der Waals surface area contributed by atoms with Crippen molar-refractivity contribution in [2.75, 3.05) is 7.11 Å². The van der Waals surface area contributed by atoms with E-state index in [2.05, 4.69) is 5.10 Å². The van der Waals surface area contributed by atoms with E-state index in [0.717, 1.165) is 0 Å². The molecule has 0 amide bonds. The van der Waals surface area contributed by atoms with Crippen molar-refractivity contribution < 1.29 is 9.53 Å². The number of carbonyl (C=O) groups is 1. The minimum absolute atomic E-state index is 0.383. The van der Waals surface area contributed by atoms with Crippen LogP contribution in [0.4, 0.5) is 0 Å². The number of methoxy groups -OCH3 is 1. The lowest BCUT2D eigenvalue weighted by Gasteiger charge is -1.95. The van der Waals surface area contributed by atoms with Crippen molar-refractivity contribution in [3.63, 3.8) is 0 Å². The highest BCUT2D eigenvalue weighted by Crippen LogP contribution is 1.90. The second-order valence-corrected chi connectivity index (χ2v) is 1.82. The third-order valence-electron chi connectivity index (χ3n) is 1.04. The van der Waals surface area contributed by atoms with Gasteiger partial charge in [0.1, 0.15) is 12.4 Å². The lowest BCUT2D eigenvalue weighted by Crippen LogP contribution is -2.00. The van der Waals surface area contributed by atoms with Gasteiger partial charge in [0.25, 0.3) is 0 Å². The molecule has 0 atom stereocenters. The molecule has 0 saturated heterocycles. The third kappa shape index (κ3) is 1.41. The molecule has 0 spiro atoms. The van der Waals surface area contributed by atoms with Gasteiger partial charge in [-0.3, -0.25) is 4.79 Å². The van der Waals surface area contributed by atoms with Crippen LogP contribution in [0.5, 0.6) is 0 Å². The maximum atomic E-state index is 10.1. The van der Waals surface area contributed by atoms with Crippen LogP contribution in [0.1, 0.15) is 10.5 Å². The van der Waals surface area contributed by atoms with E-state index in [1.54, 1.807) is 24.1 Å². The predicted molar refractivity (Wildman–Crippen MR) is 34.6 cm³/mol. The van der Waals surface area contributed by atoms with Gasteiger partial charge in [0, 0.05) is 13.3 Å². The molecule has 1 aromatic rings. The Labute approximate surface area is 58.4 Å². The van der Waals surface area contributed by atoms with Gasteiger partial charge in [0.05, 0.1) is 0 Å². The maximum Gasteiger partial charge on any atom is 0.170 e. The van der Waals surface area contributed by atoms with E-state index in [4.69, 9.17) is 4.74 Å². The van der Waals surface area contributed by atoms with E-state index in [1.807, 2.05) is 0 Å². The molecule has 0 aliphatic carbocycles. The monoisotopic (exact) mass is 140 g/mol. The smallest absolute Gasteiger partial charge is 0.170 e. The summed E-state index contributed by atoms with van der Waals surface area (Å²) in [5, 5.41) is 3.84. The van der Waals surface area contributed by atoms with E-state index in [1.165, 1.54) is 0 Å². The Kier molecular flexibility index (Phi) is 2.17. The van der Waals surface area contributed by atoms with Crippen molar-refractivity contribution in [2.45, 2.75) is 6.73 Å². The average molecular weight is 140 g/mol. The maximum absolute atomic E-state index is 10.1. The van der Waals surface area contributed by atoms with Crippen LogP contribution in [0.3, 0.4) is 0 Å². The minimum Gasteiger partial charge on any atom is -0.362 e. The molecule has 0 fully saturated rings. The van der Waals surface area contributed by atoms with E-state index < -0.39 is 0 Å². The molecule has 0 aliphatic heterocycles. The first-order valence-corrected chi connectivity index (χ1v) is 2.84. The summed E-state index contributed by atoms with van der Waals surface area (Å²) in [6, 6.07) is 1.63. The summed E-state index contributed by atoms with van der Waals surface area (Å²) >= 11 is 0. The molecule has 0 N–H and O–H groups in total. The van der Waals surface area contributed by atoms with Gasteiger partial charge in [-0.05, 0) is 6.07 Å². The number of aldehydes is 1. The lowest BCUT2D eigenvalue weighted by atomic mass is 10.5. The van der Waals surface area contributed by atoms with E-state index in [9.17, 15) is 4.79 Å². The van der Waals surface area contributed by atoms with Crippen molar-refractivity contribution in [2.24, 2.45) is 0 Å². The fourth-order valence-corrected chi connectivity index (χ4v) is 0.644. The summed E-state index contributed by atoms with van der Waals surface area (Å²) < 4.78 is 6.32. The van der Waals surface area contributed by atoms with Crippen LogP contribution in [-0.2, 0) is 11.5 Å². The van der Waals surface area contributed by atoms with Crippen molar-refractivity contribution in [1.29, 1.82) is 0 Å². The third-order valence-corrected chi connectivity index (χ3v) is 1.04. The highest BCUT2D eigenvalue weighted by Gasteiger charge is 1.93. The molecule has 0 aliphatic rings. The van der Waals surface area contributed by atoms with Crippen LogP contribution in [0.2, 0.25) is 0 Å². The molecular weight excluding hydrogens is 132 g/mol. The van der Waals surface area contributed by atoms with E-state index in [0.29, 0.717) is 18.7 Å². The summed E-state index contributed by atoms with van der Waals surface area (Å²) in [6.07, 6.45) is 2.39. The van der Waals surface area contributed by atoms with Gasteiger partial charge in [-0.15, -0.1) is 0 Å². The highest BCUT2D eigenvalue weighted by molar-refractivity contribution is 5.71. The van der Waals surface area contributed by atoms with Crippen LogP contribution < -0.4 is 0 Å². The van der Waals surface area contributed by atoms with Crippen LogP contribution >= 0.6 is 0 Å². The second-order valence-electron chi connectivity index (χ2n) is 1.82. The van der Waals surface area contributed by atoms with Crippen LogP contribution in [0.15, 0.2) is 12.3 Å². The van der Waals surface area contributed by atoms with Crippen molar-refractivity contribution >= 4 is 6.29 Å². The Morgan fingerprint density at radius 3 is 3.20 bits per heavy atom. The summed E-state index contributed by atoms with van der Waals surface area (Å²) in [5.41, 5.74) is 0.428. The standard InChI is InChI=1S/C6H8N2O2/c1-10-5-8-3-2-6(4-9)7-8/h2-4H,5H2,1H3. The number of hydrogen-bond donors (Lipinski definition) is 0. The molecule has 54 valence electrons. The average Bonchev–Trinajstić information content (AvgIpc) is 2.37. The van der Waals surface area contributed by atoms with Crippen molar-refractivity contribution in [3.8, 4) is 0 Å². The van der Waals surface area contributed by atoms with Gasteiger partial charge >= 0.3 is 0 Å². The molecule has 1 rings (SSSR count). The first-order valence-electron chi connectivity index (χ1n) is 2.84. The number of rotatable bonds is 3. The zero-order chi connectivity index (χ0) is 7.40. The molecule has 1 aromatic heterocycles. The van der Waals surface area contributed by atoms with E-state index in [-0.39, 0.29) is 0 Å². The number of aromatic nitrogens is 2. The molecule has 1 heterocycles. The van der Waals surface area contributed by atoms with Crippen LogP contribution in [0, 0.1) is 0 Å². The van der Waals surface area contributed by atoms with Gasteiger partial charge in [0.2, 0.25) is 0 Å². The van der Waals surface area contributed by atoms with Crippen molar-refractivity contribution in [1.82, 2.24) is 9.78 Å². The SMILES string of the molecule is COCn1ccc(C=O)n1. The van der Waals surface area contributed by atoms with Crippen LogP contribution in [-0.4, -0.2) is 23.2 Å². The molecule has 10 heavy (non-hydrogen) atoms. The van der Waals surface area contributed by atoms with Gasteiger partial charge in [0.15, 0.2) is 6.29 Å². The van der Waals surface area contributed by atoms with E-state index >= 15 is 0 Å². The Hall–Kier alpha value is -1.16. The van der Waals surface area contributed by atoms with Gasteiger partial charge in [-0.1, -0.05) is 0 Å². The molecule has 4 heteroatoms. The Bertz CT molecular complexity index is 219. The molecule has 4 nitrogen and oxygen atoms in total. The summed E-state index contributed by atoms with van der Waals surface area (Å²) in [6.45, 7) is 0.383. The molecule has 0 radical (unpaired) electrons. The molecular formula is C6H8N2O2. The Morgan fingerprint density at radius 2 is 2.70 bits per heavy atom. The number of hydrogen-bond acceptors (Lipinski definition) is 3. The highest BCUT2D eigenvalue weighted by atomic mass is 16.5. The van der Waals surface area contributed by atoms with Crippen molar-refractivity contribution in [3.05, 3.63) is 18.0 Å². The van der Waals surface area contributed by atoms with Crippen LogP contribution in [0.25, 0.3) is 0 Å². The van der Waals surface area contributed by atoms with Gasteiger partial charge < -0.3 is 4.74 Å². The summed E-state index contributed by atoms with van der Waals surface area (Å²) in [4.78, 5) is 10.1. The molecule has 0 unspecified atom stereocenters. The summed E-state index contributed by atoms with van der Waals surface area (Å²) in [7, 11) is 1.57. The lowest BCUT2D eigenvalue weighted by molar-refractivity contribution is 0.110. The second kappa shape index (κ2) is 3.12. The number of ether oxygens (including phenoxy) is 1. The Morgan fingerprint density at radius 1 is 1.90 bits per heavy atom. The molecule has 0 bridgehead atoms. The number of carbonyl (C=O) groups excluding carboxylic acids is 1. The van der Waals surface area contributed by atoms with Gasteiger partial charge in [-0.2, -0.15) is 5.10 Å². The molecule has 0 saturated carbocycles. The topological polar surface area (TPSA) is 44.1 Å². The molecule has 0 aromatic carbocycles.